The van der Waals surface area contributed by atoms with Crippen LogP contribution >= 0.6 is 0 Å². The van der Waals surface area contributed by atoms with E-state index in [4.69, 9.17) is 9.90 Å². The molecule has 2 aromatic carbocycles. The SMILES string of the molecule is O=C(O)C(F)(F)F.c1ccc(CNCCCNCCCCNCCCNCc2ccccc2)cc1. The first-order chi connectivity index (χ1) is 16.9. The maximum Gasteiger partial charge on any atom is 0.490 e. The summed E-state index contributed by atoms with van der Waals surface area (Å²) in [5.74, 6) is -2.76. The van der Waals surface area contributed by atoms with Crippen molar-refractivity contribution >= 4 is 5.97 Å². The highest BCUT2D eigenvalue weighted by molar-refractivity contribution is 5.73. The van der Waals surface area contributed by atoms with E-state index in [2.05, 4.69) is 81.9 Å². The zero-order chi connectivity index (χ0) is 25.6. The Labute approximate surface area is 206 Å². The smallest absolute Gasteiger partial charge is 0.475 e. The Balaban J connectivity index is 0.000000762. The molecule has 0 aromatic heterocycles. The number of halogens is 3. The third kappa shape index (κ3) is 18.5. The van der Waals surface area contributed by atoms with E-state index in [1.165, 1.54) is 36.8 Å². The van der Waals surface area contributed by atoms with Crippen molar-refractivity contribution < 1.29 is 23.1 Å². The van der Waals surface area contributed by atoms with Gasteiger partial charge in [-0.2, -0.15) is 13.2 Å². The van der Waals surface area contributed by atoms with E-state index in [1.54, 1.807) is 0 Å². The van der Waals surface area contributed by atoms with Gasteiger partial charge in [0, 0.05) is 13.1 Å². The van der Waals surface area contributed by atoms with Crippen LogP contribution in [0.25, 0.3) is 0 Å². The van der Waals surface area contributed by atoms with Gasteiger partial charge in [0.25, 0.3) is 0 Å². The summed E-state index contributed by atoms with van der Waals surface area (Å²) < 4.78 is 31.7. The van der Waals surface area contributed by atoms with Crippen LogP contribution in [0.2, 0.25) is 0 Å². The maximum atomic E-state index is 10.6. The number of carbonyl (C=O) groups is 1. The van der Waals surface area contributed by atoms with Crippen LogP contribution in [0.1, 0.15) is 36.8 Å². The summed E-state index contributed by atoms with van der Waals surface area (Å²) in [5, 5.41) is 21.2. The number of alkyl halides is 3. The Morgan fingerprint density at radius 1 is 0.600 bits per heavy atom. The normalized spacial score (nSPS) is 11.1. The molecule has 0 heterocycles. The van der Waals surface area contributed by atoms with Crippen molar-refractivity contribution in [2.45, 2.75) is 44.9 Å². The molecule has 0 bridgehead atoms. The summed E-state index contributed by atoms with van der Waals surface area (Å²) in [6, 6.07) is 21.2. The minimum absolute atomic E-state index is 0.967. The van der Waals surface area contributed by atoms with Crippen LogP contribution in [-0.4, -0.2) is 56.5 Å². The molecular formula is C26H39F3N4O2. The molecular weight excluding hydrogens is 457 g/mol. The molecule has 35 heavy (non-hydrogen) atoms. The van der Waals surface area contributed by atoms with Gasteiger partial charge in [-0.15, -0.1) is 0 Å². The van der Waals surface area contributed by atoms with E-state index in [0.29, 0.717) is 0 Å². The molecule has 0 aliphatic carbocycles. The minimum Gasteiger partial charge on any atom is -0.475 e. The van der Waals surface area contributed by atoms with E-state index >= 15 is 0 Å². The molecule has 0 radical (unpaired) electrons. The average Bonchev–Trinajstić information content (AvgIpc) is 2.85. The second-order valence-corrected chi connectivity index (χ2v) is 8.04. The molecule has 196 valence electrons. The summed E-state index contributed by atoms with van der Waals surface area (Å²) in [5.41, 5.74) is 2.71. The molecule has 5 N–H and O–H groups in total. The Morgan fingerprint density at radius 2 is 0.914 bits per heavy atom. The summed E-state index contributed by atoms with van der Waals surface area (Å²) >= 11 is 0. The van der Waals surface area contributed by atoms with E-state index in [-0.39, 0.29) is 0 Å². The van der Waals surface area contributed by atoms with Crippen LogP contribution in [0.3, 0.4) is 0 Å². The first-order valence-electron chi connectivity index (χ1n) is 12.1. The van der Waals surface area contributed by atoms with Crippen molar-refractivity contribution in [2.75, 3.05) is 39.3 Å². The molecule has 0 spiro atoms. The van der Waals surface area contributed by atoms with E-state index < -0.39 is 12.1 Å². The molecule has 9 heteroatoms. The number of hydrogen-bond acceptors (Lipinski definition) is 5. The summed E-state index contributed by atoms with van der Waals surface area (Å²) in [7, 11) is 0. The third-order valence-corrected chi connectivity index (χ3v) is 4.96. The van der Waals surface area contributed by atoms with Crippen LogP contribution in [0.15, 0.2) is 60.7 Å². The van der Waals surface area contributed by atoms with Gasteiger partial charge in [-0.3, -0.25) is 0 Å². The molecule has 0 amide bonds. The quantitative estimate of drug-likeness (QED) is 0.213. The molecule has 0 saturated carbocycles. The highest BCUT2D eigenvalue weighted by Crippen LogP contribution is 2.13. The Morgan fingerprint density at radius 3 is 1.26 bits per heavy atom. The molecule has 0 fully saturated rings. The van der Waals surface area contributed by atoms with E-state index in [0.717, 1.165) is 52.4 Å². The van der Waals surface area contributed by atoms with Crippen molar-refractivity contribution in [3.05, 3.63) is 71.8 Å². The van der Waals surface area contributed by atoms with Crippen molar-refractivity contribution in [2.24, 2.45) is 0 Å². The fourth-order valence-corrected chi connectivity index (χ4v) is 3.08. The van der Waals surface area contributed by atoms with Crippen LogP contribution in [0, 0.1) is 0 Å². The van der Waals surface area contributed by atoms with Gasteiger partial charge < -0.3 is 26.4 Å². The maximum absolute atomic E-state index is 10.6. The monoisotopic (exact) mass is 496 g/mol. The number of hydrogen-bond donors (Lipinski definition) is 5. The van der Waals surface area contributed by atoms with Gasteiger partial charge in [0.05, 0.1) is 0 Å². The summed E-state index contributed by atoms with van der Waals surface area (Å²) in [4.78, 5) is 8.90. The number of carboxylic acids is 1. The molecule has 6 nitrogen and oxygen atoms in total. The lowest BCUT2D eigenvalue weighted by atomic mass is 10.2. The van der Waals surface area contributed by atoms with Crippen LogP contribution < -0.4 is 21.3 Å². The summed E-state index contributed by atoms with van der Waals surface area (Å²) in [6.45, 7) is 8.52. The van der Waals surface area contributed by atoms with Gasteiger partial charge >= 0.3 is 12.1 Å². The predicted octanol–water partition coefficient (Wildman–Crippen LogP) is 3.94. The third-order valence-electron chi connectivity index (χ3n) is 4.96. The molecule has 2 aromatic rings. The molecule has 0 saturated heterocycles. The Hall–Kier alpha value is -2.46. The largest absolute Gasteiger partial charge is 0.490 e. The first kappa shape index (κ1) is 30.6. The van der Waals surface area contributed by atoms with Gasteiger partial charge in [0.1, 0.15) is 0 Å². The molecule has 0 aliphatic rings. The minimum atomic E-state index is -5.08. The lowest BCUT2D eigenvalue weighted by Crippen LogP contribution is -2.24. The van der Waals surface area contributed by atoms with Crippen molar-refractivity contribution in [3.8, 4) is 0 Å². The fourth-order valence-electron chi connectivity index (χ4n) is 3.08. The molecule has 0 atom stereocenters. The Kier molecular flexibility index (Phi) is 17.3. The summed E-state index contributed by atoms with van der Waals surface area (Å²) in [6.07, 6.45) is -0.227. The number of nitrogens with one attached hydrogen (secondary N) is 4. The second-order valence-electron chi connectivity index (χ2n) is 8.04. The predicted molar refractivity (Wildman–Crippen MR) is 134 cm³/mol. The Bertz CT molecular complexity index is 709. The number of carboxylic acid groups (broad SMARTS) is 1. The molecule has 0 aliphatic heterocycles. The number of aliphatic carboxylic acids is 1. The second kappa shape index (κ2) is 19.8. The van der Waals surface area contributed by atoms with E-state index in [9.17, 15) is 13.2 Å². The topological polar surface area (TPSA) is 85.4 Å². The van der Waals surface area contributed by atoms with Gasteiger partial charge in [-0.25, -0.2) is 4.79 Å². The van der Waals surface area contributed by atoms with Gasteiger partial charge in [-0.1, -0.05) is 60.7 Å². The zero-order valence-electron chi connectivity index (χ0n) is 20.2. The van der Waals surface area contributed by atoms with Gasteiger partial charge in [0.15, 0.2) is 0 Å². The van der Waals surface area contributed by atoms with Crippen molar-refractivity contribution in [1.82, 2.24) is 21.3 Å². The lowest BCUT2D eigenvalue weighted by Gasteiger charge is -2.08. The highest BCUT2D eigenvalue weighted by atomic mass is 19.4. The lowest BCUT2D eigenvalue weighted by molar-refractivity contribution is -0.192. The molecule has 2 rings (SSSR count). The van der Waals surface area contributed by atoms with E-state index in [1.807, 2.05) is 0 Å². The van der Waals surface area contributed by atoms with Crippen molar-refractivity contribution in [3.63, 3.8) is 0 Å². The number of rotatable bonds is 17. The van der Waals surface area contributed by atoms with Crippen LogP contribution in [0.5, 0.6) is 0 Å². The zero-order valence-corrected chi connectivity index (χ0v) is 20.2. The number of unbranched alkanes of at least 4 members (excludes halogenated alkanes) is 1. The van der Waals surface area contributed by atoms with Crippen LogP contribution in [0.4, 0.5) is 13.2 Å². The van der Waals surface area contributed by atoms with Crippen LogP contribution in [-0.2, 0) is 17.9 Å². The van der Waals surface area contributed by atoms with Gasteiger partial charge in [-0.05, 0) is 76.1 Å². The first-order valence-corrected chi connectivity index (χ1v) is 12.1. The van der Waals surface area contributed by atoms with Gasteiger partial charge in [0.2, 0.25) is 0 Å². The standard InChI is InChI=1S/C24H38N4.C2HF3O2/c1-3-11-23(12-4-1)21-27-19-9-17-25-15-7-8-16-26-18-10-20-28-22-24-13-5-2-6-14-24;3-2(4,5)1(6)7/h1-6,11-14,25-28H,7-10,15-22H2;(H,6,7). The fraction of sp³-hybridized carbons (Fsp3) is 0.500. The molecule has 0 unspecified atom stereocenters. The number of benzene rings is 2. The van der Waals surface area contributed by atoms with Crippen molar-refractivity contribution in [1.29, 1.82) is 0 Å². The highest BCUT2D eigenvalue weighted by Gasteiger charge is 2.38. The average molecular weight is 497 g/mol.